The Morgan fingerprint density at radius 3 is 2.48 bits per heavy atom. The summed E-state index contributed by atoms with van der Waals surface area (Å²) in [7, 11) is 0. The van der Waals surface area contributed by atoms with Gasteiger partial charge in [-0.1, -0.05) is 26.8 Å². The van der Waals surface area contributed by atoms with Crippen molar-refractivity contribution in [3.63, 3.8) is 0 Å². The van der Waals surface area contributed by atoms with E-state index in [2.05, 4.69) is 47.9 Å². The van der Waals surface area contributed by atoms with Crippen LogP contribution in [0.2, 0.25) is 0 Å². The number of carbonyl (C=O) groups excluding carboxylic acids is 1. The van der Waals surface area contributed by atoms with Gasteiger partial charge in [-0.05, 0) is 51.9 Å². The minimum Gasteiger partial charge on any atom is -0.349 e. The predicted molar refractivity (Wildman–Crippen MR) is 105 cm³/mol. The van der Waals surface area contributed by atoms with Crippen molar-refractivity contribution in [2.75, 3.05) is 19.6 Å². The van der Waals surface area contributed by atoms with E-state index in [0.717, 1.165) is 29.7 Å². The second-order valence-corrected chi connectivity index (χ2v) is 6.75. The summed E-state index contributed by atoms with van der Waals surface area (Å²) < 4.78 is 0. The zero-order valence-electron chi connectivity index (χ0n) is 16.7. The Morgan fingerprint density at radius 2 is 1.88 bits per heavy atom. The van der Waals surface area contributed by atoms with Gasteiger partial charge in [0, 0.05) is 18.6 Å². The molecule has 2 rings (SSSR count). The summed E-state index contributed by atoms with van der Waals surface area (Å²) in [4.78, 5) is 23.3. The molecule has 1 heterocycles. The molecule has 0 spiro atoms. The van der Waals surface area contributed by atoms with E-state index >= 15 is 0 Å². The molecule has 0 aliphatic rings. The Bertz CT molecular complexity index is 692. The van der Waals surface area contributed by atoms with Crippen LogP contribution in [0.1, 0.15) is 57.6 Å². The third-order valence-corrected chi connectivity index (χ3v) is 3.93. The largest absolute Gasteiger partial charge is 0.349 e. The maximum Gasteiger partial charge on any atom is 0.271 e. The van der Waals surface area contributed by atoms with Crippen LogP contribution in [0.4, 0.5) is 0 Å². The van der Waals surface area contributed by atoms with Crippen LogP contribution >= 0.6 is 0 Å². The topological polar surface area (TPSA) is 58.1 Å². The van der Waals surface area contributed by atoms with Gasteiger partial charge in [-0.3, -0.25) is 14.7 Å². The van der Waals surface area contributed by atoms with Crippen molar-refractivity contribution in [1.29, 1.82) is 0 Å². The maximum absolute atomic E-state index is 12.2. The molecule has 5 nitrogen and oxygen atoms in total. The number of hydrogen-bond donors (Lipinski definition) is 1. The van der Waals surface area contributed by atoms with Crippen LogP contribution in [0.25, 0.3) is 11.0 Å². The van der Waals surface area contributed by atoms with Gasteiger partial charge in [-0.15, -0.1) is 0 Å². The van der Waals surface area contributed by atoms with Crippen molar-refractivity contribution in [3.8, 4) is 0 Å². The lowest BCUT2D eigenvalue weighted by molar-refractivity contribution is 0.0927. The molecule has 0 saturated carbocycles. The highest BCUT2D eigenvalue weighted by Crippen LogP contribution is 2.12. The summed E-state index contributed by atoms with van der Waals surface area (Å²) in [5.74, 6) is -0.176. The summed E-state index contributed by atoms with van der Waals surface area (Å²) in [6.07, 6.45) is 1.54. The standard InChI is InChI=1S/C18H26N4O.C2H6/c1-6-22(18(3,4)5)10-9-19-17(23)16-12-20-15-11-13(2)7-8-14(15)21-16;1-2/h7-8,11-12H,6,9-10H2,1-5H3,(H,19,23);1-2H3. The summed E-state index contributed by atoms with van der Waals surface area (Å²) in [5.41, 5.74) is 3.14. The number of likely N-dealkylation sites (N-methyl/N-ethyl adjacent to an activating group) is 1. The van der Waals surface area contributed by atoms with Crippen LogP contribution in [0.3, 0.4) is 0 Å². The van der Waals surface area contributed by atoms with E-state index in [0.29, 0.717) is 12.2 Å². The van der Waals surface area contributed by atoms with Gasteiger partial charge in [-0.2, -0.15) is 0 Å². The Hall–Kier alpha value is -2.01. The fourth-order valence-electron chi connectivity index (χ4n) is 2.59. The molecule has 25 heavy (non-hydrogen) atoms. The Labute approximate surface area is 151 Å². The lowest BCUT2D eigenvalue weighted by Crippen LogP contribution is -2.45. The van der Waals surface area contributed by atoms with Crippen LogP contribution in [0, 0.1) is 6.92 Å². The average molecular weight is 345 g/mol. The second-order valence-electron chi connectivity index (χ2n) is 6.75. The minimum absolute atomic E-state index is 0.0973. The van der Waals surface area contributed by atoms with E-state index in [4.69, 9.17) is 0 Å². The zero-order valence-corrected chi connectivity index (χ0v) is 16.7. The first-order valence-electron chi connectivity index (χ1n) is 9.08. The number of carbonyl (C=O) groups is 1. The number of nitrogens with one attached hydrogen (secondary N) is 1. The van der Waals surface area contributed by atoms with Crippen LogP contribution in [0.15, 0.2) is 24.4 Å². The molecule has 1 aromatic heterocycles. The molecule has 0 atom stereocenters. The van der Waals surface area contributed by atoms with Crippen LogP contribution in [-0.4, -0.2) is 45.9 Å². The van der Waals surface area contributed by atoms with E-state index in [1.165, 1.54) is 0 Å². The summed E-state index contributed by atoms with van der Waals surface area (Å²) in [6.45, 7) is 17.0. The molecule has 0 aliphatic heterocycles. The molecule has 5 heteroatoms. The van der Waals surface area contributed by atoms with Gasteiger partial charge < -0.3 is 5.32 Å². The molecule has 0 unspecified atom stereocenters. The zero-order chi connectivity index (χ0) is 19.0. The first-order chi connectivity index (χ1) is 11.8. The van der Waals surface area contributed by atoms with Crippen molar-refractivity contribution < 1.29 is 4.79 Å². The number of amides is 1. The highest BCUT2D eigenvalue weighted by atomic mass is 16.1. The molecular formula is C20H32N4O. The van der Waals surface area contributed by atoms with Gasteiger partial charge in [0.15, 0.2) is 0 Å². The normalized spacial score (nSPS) is 11.2. The fourth-order valence-corrected chi connectivity index (χ4v) is 2.59. The van der Waals surface area contributed by atoms with Crippen molar-refractivity contribution >= 4 is 16.9 Å². The SMILES string of the molecule is CC.CCN(CCNC(=O)c1cnc2cc(C)ccc2n1)C(C)(C)C. The number of nitrogens with zero attached hydrogens (tertiary/aromatic N) is 3. The smallest absolute Gasteiger partial charge is 0.271 e. The molecule has 0 fully saturated rings. The molecule has 1 N–H and O–H groups in total. The predicted octanol–water partition coefficient (Wildman–Crippen LogP) is 3.81. The second kappa shape index (κ2) is 9.47. The van der Waals surface area contributed by atoms with Crippen LogP contribution in [-0.2, 0) is 0 Å². The third kappa shape index (κ3) is 6.09. The van der Waals surface area contributed by atoms with E-state index in [1.807, 2.05) is 39.0 Å². The van der Waals surface area contributed by atoms with Crippen molar-refractivity contribution in [1.82, 2.24) is 20.2 Å². The molecule has 0 aliphatic carbocycles. The van der Waals surface area contributed by atoms with E-state index < -0.39 is 0 Å². The van der Waals surface area contributed by atoms with Gasteiger partial charge in [0.05, 0.1) is 17.2 Å². The number of fused-ring (bicyclic) bond motifs is 1. The molecule has 1 aromatic carbocycles. The molecule has 1 amide bonds. The van der Waals surface area contributed by atoms with Gasteiger partial charge in [0.25, 0.3) is 5.91 Å². The number of hydrogen-bond acceptors (Lipinski definition) is 4. The van der Waals surface area contributed by atoms with Crippen molar-refractivity contribution in [2.24, 2.45) is 0 Å². The molecular weight excluding hydrogens is 312 g/mol. The maximum atomic E-state index is 12.2. The fraction of sp³-hybridized carbons (Fsp3) is 0.550. The summed E-state index contributed by atoms with van der Waals surface area (Å²) in [5, 5.41) is 2.93. The molecule has 0 saturated heterocycles. The first-order valence-corrected chi connectivity index (χ1v) is 9.08. The Kier molecular flexibility index (Phi) is 7.97. The van der Waals surface area contributed by atoms with Gasteiger partial charge in [0.1, 0.15) is 5.69 Å². The lowest BCUT2D eigenvalue weighted by atomic mass is 10.1. The third-order valence-electron chi connectivity index (χ3n) is 3.93. The molecule has 2 aromatic rings. The minimum atomic E-state index is -0.176. The number of benzene rings is 1. The van der Waals surface area contributed by atoms with E-state index in [9.17, 15) is 4.79 Å². The lowest BCUT2D eigenvalue weighted by Gasteiger charge is -2.34. The van der Waals surface area contributed by atoms with Crippen molar-refractivity contribution in [3.05, 3.63) is 35.7 Å². The van der Waals surface area contributed by atoms with E-state index in [-0.39, 0.29) is 11.4 Å². The molecule has 138 valence electrons. The number of rotatable bonds is 5. The highest BCUT2D eigenvalue weighted by Gasteiger charge is 2.19. The van der Waals surface area contributed by atoms with Crippen LogP contribution in [0.5, 0.6) is 0 Å². The van der Waals surface area contributed by atoms with Crippen molar-refractivity contribution in [2.45, 2.75) is 54.0 Å². The number of aryl methyl sites for hydroxylation is 1. The monoisotopic (exact) mass is 344 g/mol. The Balaban J connectivity index is 0.00000151. The first kappa shape index (κ1) is 21.0. The van der Waals surface area contributed by atoms with Gasteiger partial charge in [-0.25, -0.2) is 4.98 Å². The van der Waals surface area contributed by atoms with Gasteiger partial charge >= 0.3 is 0 Å². The van der Waals surface area contributed by atoms with Gasteiger partial charge in [0.2, 0.25) is 0 Å². The van der Waals surface area contributed by atoms with Crippen LogP contribution < -0.4 is 5.32 Å². The molecule has 0 bridgehead atoms. The number of aromatic nitrogens is 2. The quantitative estimate of drug-likeness (QED) is 0.896. The highest BCUT2D eigenvalue weighted by molar-refractivity contribution is 5.93. The Morgan fingerprint density at radius 1 is 1.20 bits per heavy atom. The summed E-state index contributed by atoms with van der Waals surface area (Å²) >= 11 is 0. The average Bonchev–Trinajstić information content (AvgIpc) is 2.58. The molecule has 0 radical (unpaired) electrons. The van der Waals surface area contributed by atoms with E-state index in [1.54, 1.807) is 6.20 Å². The summed E-state index contributed by atoms with van der Waals surface area (Å²) in [6, 6.07) is 5.83.